The molecule has 13 heavy (non-hydrogen) atoms. The van der Waals surface area contributed by atoms with Gasteiger partial charge < -0.3 is 20.0 Å². The molecule has 0 spiro atoms. The number of hydrogen-bond donors (Lipinski definition) is 1. The highest BCUT2D eigenvalue weighted by Crippen LogP contribution is 1.90. The standard InChI is InChI=1S/C6H14O2.C3H7NO/c1-4-7-6(3)8-5-2;1-3(4)2-5/h6H,4-5H2,1-3H3;2-3H,4H2,1H3. The van der Waals surface area contributed by atoms with Gasteiger partial charge in [-0.15, -0.1) is 0 Å². The molecule has 0 amide bonds. The fourth-order valence-corrected chi connectivity index (χ4v) is 0.518. The summed E-state index contributed by atoms with van der Waals surface area (Å²) in [4.78, 5) is 9.38. The quantitative estimate of drug-likeness (QED) is 0.519. The summed E-state index contributed by atoms with van der Waals surface area (Å²) in [6.07, 6.45) is 0.657. The van der Waals surface area contributed by atoms with Gasteiger partial charge in [0.2, 0.25) is 0 Å². The van der Waals surface area contributed by atoms with Crippen molar-refractivity contribution in [3.63, 3.8) is 0 Å². The summed E-state index contributed by atoms with van der Waals surface area (Å²) in [5.41, 5.74) is 4.92. The van der Waals surface area contributed by atoms with Crippen molar-refractivity contribution in [3.05, 3.63) is 0 Å². The number of nitrogens with two attached hydrogens (primary N) is 1. The highest BCUT2D eigenvalue weighted by molar-refractivity contribution is 5.55. The zero-order chi connectivity index (χ0) is 10.7. The molecule has 1 unspecified atom stereocenters. The Labute approximate surface area is 80.4 Å². The molecule has 80 valence electrons. The largest absolute Gasteiger partial charge is 0.353 e. The van der Waals surface area contributed by atoms with E-state index in [4.69, 9.17) is 15.2 Å². The number of ether oxygens (including phenoxy) is 2. The Morgan fingerprint density at radius 2 is 1.54 bits per heavy atom. The molecule has 0 aliphatic rings. The highest BCUT2D eigenvalue weighted by Gasteiger charge is 1.94. The number of aldehydes is 1. The maximum absolute atomic E-state index is 9.38. The van der Waals surface area contributed by atoms with Gasteiger partial charge in [0.25, 0.3) is 0 Å². The first-order valence-corrected chi connectivity index (χ1v) is 4.52. The summed E-state index contributed by atoms with van der Waals surface area (Å²) in [7, 11) is 0. The molecule has 0 bridgehead atoms. The SMILES string of the molecule is CC(N)C=O.CCOC(C)OCC. The summed E-state index contributed by atoms with van der Waals surface area (Å²) in [6, 6.07) is -0.296. The van der Waals surface area contributed by atoms with Gasteiger partial charge in [0.15, 0.2) is 6.29 Å². The minimum absolute atomic E-state index is 0.0370. The molecule has 0 aromatic rings. The fraction of sp³-hybridized carbons (Fsp3) is 0.889. The van der Waals surface area contributed by atoms with Crippen LogP contribution in [-0.2, 0) is 14.3 Å². The van der Waals surface area contributed by atoms with Crippen LogP contribution in [0.25, 0.3) is 0 Å². The third-order valence-corrected chi connectivity index (χ3v) is 1.02. The smallest absolute Gasteiger partial charge is 0.154 e. The first-order chi connectivity index (χ1) is 6.08. The molecule has 0 saturated carbocycles. The van der Waals surface area contributed by atoms with Crippen LogP contribution in [0.2, 0.25) is 0 Å². The molecule has 0 radical (unpaired) electrons. The van der Waals surface area contributed by atoms with Gasteiger partial charge in [0.1, 0.15) is 6.29 Å². The van der Waals surface area contributed by atoms with Crippen LogP contribution in [-0.4, -0.2) is 31.8 Å². The third kappa shape index (κ3) is 18.5. The van der Waals surface area contributed by atoms with Crippen LogP contribution in [0.3, 0.4) is 0 Å². The molecule has 4 nitrogen and oxygen atoms in total. The van der Waals surface area contributed by atoms with E-state index in [1.165, 1.54) is 0 Å². The third-order valence-electron chi connectivity index (χ3n) is 1.02. The summed E-state index contributed by atoms with van der Waals surface area (Å²) >= 11 is 0. The summed E-state index contributed by atoms with van der Waals surface area (Å²) in [6.45, 7) is 8.88. The maximum atomic E-state index is 9.38. The first kappa shape index (κ1) is 15.0. The Bertz CT molecular complexity index is 101. The van der Waals surface area contributed by atoms with Gasteiger partial charge in [-0.2, -0.15) is 0 Å². The van der Waals surface area contributed by atoms with Crippen molar-refractivity contribution in [1.29, 1.82) is 0 Å². The van der Waals surface area contributed by atoms with E-state index in [9.17, 15) is 4.79 Å². The van der Waals surface area contributed by atoms with Crippen LogP contribution in [0.5, 0.6) is 0 Å². The molecule has 1 atom stereocenters. The lowest BCUT2D eigenvalue weighted by molar-refractivity contribution is -0.123. The van der Waals surface area contributed by atoms with Gasteiger partial charge in [-0.25, -0.2) is 0 Å². The Balaban J connectivity index is 0. The first-order valence-electron chi connectivity index (χ1n) is 4.52. The van der Waals surface area contributed by atoms with E-state index in [-0.39, 0.29) is 12.3 Å². The van der Waals surface area contributed by atoms with Gasteiger partial charge in [0, 0.05) is 13.2 Å². The Hall–Kier alpha value is -0.450. The molecule has 0 saturated heterocycles. The van der Waals surface area contributed by atoms with Crippen LogP contribution in [0.4, 0.5) is 0 Å². The van der Waals surface area contributed by atoms with Gasteiger partial charge in [-0.1, -0.05) is 0 Å². The van der Waals surface area contributed by atoms with Crippen LogP contribution >= 0.6 is 0 Å². The van der Waals surface area contributed by atoms with Crippen molar-refractivity contribution in [2.24, 2.45) is 5.73 Å². The number of carbonyl (C=O) groups excluding carboxylic acids is 1. The molecule has 0 aliphatic carbocycles. The van der Waals surface area contributed by atoms with Gasteiger partial charge in [-0.3, -0.25) is 0 Å². The second kappa shape index (κ2) is 11.6. The monoisotopic (exact) mass is 191 g/mol. The molecule has 2 N–H and O–H groups in total. The van der Waals surface area contributed by atoms with Crippen molar-refractivity contribution in [2.75, 3.05) is 13.2 Å². The van der Waals surface area contributed by atoms with Crippen LogP contribution in [0.1, 0.15) is 27.7 Å². The molecule has 0 aromatic carbocycles. The molecule has 0 fully saturated rings. The zero-order valence-corrected chi connectivity index (χ0v) is 8.95. The van der Waals surface area contributed by atoms with E-state index >= 15 is 0 Å². The predicted molar refractivity (Wildman–Crippen MR) is 52.4 cm³/mol. The van der Waals surface area contributed by atoms with Crippen molar-refractivity contribution < 1.29 is 14.3 Å². The van der Waals surface area contributed by atoms with Crippen LogP contribution in [0, 0.1) is 0 Å². The Morgan fingerprint density at radius 1 is 1.23 bits per heavy atom. The van der Waals surface area contributed by atoms with Gasteiger partial charge in [-0.05, 0) is 27.7 Å². The maximum Gasteiger partial charge on any atom is 0.154 e. The lowest BCUT2D eigenvalue weighted by Gasteiger charge is -2.09. The number of hydrogen-bond acceptors (Lipinski definition) is 4. The number of rotatable bonds is 5. The lowest BCUT2D eigenvalue weighted by Crippen LogP contribution is -2.15. The topological polar surface area (TPSA) is 61.6 Å². The average Bonchev–Trinajstić information content (AvgIpc) is 2.06. The molecule has 0 aromatic heterocycles. The van der Waals surface area contributed by atoms with Gasteiger partial charge in [0.05, 0.1) is 6.04 Å². The predicted octanol–water partition coefficient (Wildman–Crippen LogP) is 0.938. The van der Waals surface area contributed by atoms with Crippen molar-refractivity contribution in [2.45, 2.75) is 40.0 Å². The summed E-state index contributed by atoms with van der Waals surface area (Å²) in [5.74, 6) is 0. The van der Waals surface area contributed by atoms with E-state index in [1.807, 2.05) is 20.8 Å². The van der Waals surface area contributed by atoms with Crippen molar-refractivity contribution in [3.8, 4) is 0 Å². The Kier molecular flexibility index (Phi) is 13.4. The zero-order valence-electron chi connectivity index (χ0n) is 8.95. The van der Waals surface area contributed by atoms with Crippen molar-refractivity contribution in [1.82, 2.24) is 0 Å². The summed E-state index contributed by atoms with van der Waals surface area (Å²) < 4.78 is 10.1. The Morgan fingerprint density at radius 3 is 1.69 bits per heavy atom. The van der Waals surface area contributed by atoms with E-state index in [2.05, 4.69) is 0 Å². The fourth-order valence-electron chi connectivity index (χ4n) is 0.518. The number of carbonyl (C=O) groups is 1. The molecule has 0 heterocycles. The van der Waals surface area contributed by atoms with E-state index < -0.39 is 0 Å². The molecule has 0 rings (SSSR count). The van der Waals surface area contributed by atoms with Gasteiger partial charge >= 0.3 is 0 Å². The summed E-state index contributed by atoms with van der Waals surface area (Å²) in [5, 5.41) is 0. The second-order valence-electron chi connectivity index (χ2n) is 2.47. The lowest BCUT2D eigenvalue weighted by atomic mass is 10.4. The highest BCUT2D eigenvalue weighted by atomic mass is 16.7. The van der Waals surface area contributed by atoms with E-state index in [1.54, 1.807) is 6.92 Å². The normalized spacial score (nSPS) is 11.8. The van der Waals surface area contributed by atoms with Crippen molar-refractivity contribution >= 4 is 6.29 Å². The molecule has 0 aliphatic heterocycles. The average molecular weight is 191 g/mol. The minimum atomic E-state index is -0.296. The van der Waals surface area contributed by atoms with Crippen LogP contribution in [0.15, 0.2) is 0 Å². The van der Waals surface area contributed by atoms with Crippen LogP contribution < -0.4 is 5.73 Å². The van der Waals surface area contributed by atoms with E-state index in [0.717, 1.165) is 13.2 Å². The molecular weight excluding hydrogens is 170 g/mol. The minimum Gasteiger partial charge on any atom is -0.353 e. The second-order valence-corrected chi connectivity index (χ2v) is 2.47. The van der Waals surface area contributed by atoms with E-state index in [0.29, 0.717) is 6.29 Å². The molecule has 4 heteroatoms. The molecular formula is C9H21NO3.